The van der Waals surface area contributed by atoms with Crippen molar-refractivity contribution in [1.29, 1.82) is 0 Å². The van der Waals surface area contributed by atoms with Crippen molar-refractivity contribution in [2.75, 3.05) is 27.7 Å². The Kier molecular flexibility index (Phi) is 14.2. The number of hydrogen-bond acceptors (Lipinski definition) is 7. The molecule has 0 unspecified atom stereocenters. The number of carbonyl (C=O) groups excluding carboxylic acids is 1. The number of unbranched alkanes of at least 4 members (excludes halogenated alkanes) is 1. The van der Waals surface area contributed by atoms with Crippen LogP contribution in [0.4, 0.5) is 0 Å². The third kappa shape index (κ3) is 9.07. The van der Waals surface area contributed by atoms with Crippen LogP contribution in [-0.4, -0.2) is 67.5 Å². The predicted octanol–water partition coefficient (Wildman–Crippen LogP) is 2.73. The first kappa shape index (κ1) is 31.0. The van der Waals surface area contributed by atoms with E-state index in [-0.39, 0.29) is 42.7 Å². The summed E-state index contributed by atoms with van der Waals surface area (Å²) in [5, 5.41) is 9.31. The maximum Gasteiger partial charge on any atom is 0.261 e. The Labute approximate surface area is 208 Å². The van der Waals surface area contributed by atoms with E-state index in [4.69, 9.17) is 4.74 Å². The Morgan fingerprint density at radius 2 is 1.82 bits per heavy atom. The van der Waals surface area contributed by atoms with Crippen molar-refractivity contribution in [1.82, 2.24) is 19.7 Å². The summed E-state index contributed by atoms with van der Waals surface area (Å²) in [6, 6.07) is 8.32. The fraction of sp³-hybridized carbons (Fsp3) is 0.429. The molecule has 1 heterocycles. The standard InChI is InChI=1S/C21H30N4O5S.2ClH/c1-24(2)14-5-4-8-20(21(26)23-27)25(16-17-7-6-13-22-15-17)31(28,29)19-11-9-18(30-3)10-12-19;;/h6-7,9-13,15,20,27H,4-5,8,14,16H2,1-3H3,(H,23,26);2*1H/t20-;;/m1../s1. The average molecular weight is 523 g/mol. The minimum Gasteiger partial charge on any atom is -0.497 e. The third-order valence-electron chi connectivity index (χ3n) is 4.82. The summed E-state index contributed by atoms with van der Waals surface area (Å²) < 4.78 is 33.3. The van der Waals surface area contributed by atoms with Crippen molar-refractivity contribution in [2.45, 2.75) is 36.7 Å². The monoisotopic (exact) mass is 522 g/mol. The lowest BCUT2D eigenvalue weighted by molar-refractivity contribution is -0.133. The number of sulfonamides is 1. The van der Waals surface area contributed by atoms with Gasteiger partial charge in [0.25, 0.3) is 5.91 Å². The summed E-state index contributed by atoms with van der Waals surface area (Å²) in [6.45, 7) is 0.745. The quantitative estimate of drug-likeness (QED) is 0.250. The first-order valence-electron chi connectivity index (χ1n) is 9.93. The number of aromatic nitrogens is 1. The number of hydrogen-bond donors (Lipinski definition) is 2. The van der Waals surface area contributed by atoms with Crippen LogP contribution in [0, 0.1) is 0 Å². The molecule has 33 heavy (non-hydrogen) atoms. The molecule has 2 N–H and O–H groups in total. The van der Waals surface area contributed by atoms with Crippen LogP contribution >= 0.6 is 24.8 Å². The predicted molar refractivity (Wildman–Crippen MR) is 131 cm³/mol. The SMILES string of the molecule is COc1ccc(S(=O)(=O)N(Cc2cccnc2)[C@H](CCCCN(C)C)C(=O)NO)cc1.Cl.Cl. The van der Waals surface area contributed by atoms with Gasteiger partial charge >= 0.3 is 0 Å². The van der Waals surface area contributed by atoms with Gasteiger partial charge in [0.15, 0.2) is 0 Å². The zero-order valence-electron chi connectivity index (χ0n) is 18.9. The van der Waals surface area contributed by atoms with Crippen LogP contribution in [0.1, 0.15) is 24.8 Å². The second-order valence-electron chi connectivity index (χ2n) is 7.38. The van der Waals surface area contributed by atoms with Gasteiger partial charge in [-0.15, -0.1) is 24.8 Å². The van der Waals surface area contributed by atoms with Crippen LogP contribution in [0.5, 0.6) is 5.75 Å². The maximum atomic E-state index is 13.5. The van der Waals surface area contributed by atoms with Crippen molar-refractivity contribution in [3.8, 4) is 5.75 Å². The first-order valence-corrected chi connectivity index (χ1v) is 11.4. The second-order valence-corrected chi connectivity index (χ2v) is 9.27. The van der Waals surface area contributed by atoms with E-state index in [1.165, 1.54) is 19.2 Å². The first-order chi connectivity index (χ1) is 14.8. The molecule has 1 atom stereocenters. The lowest BCUT2D eigenvalue weighted by Crippen LogP contribution is -2.48. The highest BCUT2D eigenvalue weighted by Crippen LogP contribution is 2.25. The minimum absolute atomic E-state index is 0. The maximum absolute atomic E-state index is 13.5. The fourth-order valence-electron chi connectivity index (χ4n) is 3.16. The third-order valence-corrected chi connectivity index (χ3v) is 6.69. The number of nitrogens with one attached hydrogen (secondary N) is 1. The lowest BCUT2D eigenvalue weighted by atomic mass is 10.1. The molecule has 0 radical (unpaired) electrons. The Balaban J connectivity index is 0.00000512. The van der Waals surface area contributed by atoms with Gasteiger partial charge in [-0.05, 0) is 69.4 Å². The van der Waals surface area contributed by atoms with E-state index in [0.29, 0.717) is 17.7 Å². The number of hydroxylamine groups is 1. The summed E-state index contributed by atoms with van der Waals surface area (Å²) in [4.78, 5) is 18.6. The highest BCUT2D eigenvalue weighted by atomic mass is 35.5. The molecule has 0 aliphatic rings. The molecule has 2 rings (SSSR count). The molecular weight excluding hydrogens is 491 g/mol. The van der Waals surface area contributed by atoms with Crippen molar-refractivity contribution in [2.24, 2.45) is 0 Å². The van der Waals surface area contributed by atoms with E-state index in [2.05, 4.69) is 4.98 Å². The number of methoxy groups -OCH3 is 1. The molecule has 9 nitrogen and oxygen atoms in total. The Bertz CT molecular complexity index is 931. The van der Waals surface area contributed by atoms with Crippen LogP contribution in [0.2, 0.25) is 0 Å². The fourth-order valence-corrected chi connectivity index (χ4v) is 4.77. The zero-order chi connectivity index (χ0) is 22.9. The molecule has 0 spiro atoms. The van der Waals surface area contributed by atoms with E-state index in [1.54, 1.807) is 42.1 Å². The Morgan fingerprint density at radius 1 is 1.15 bits per heavy atom. The van der Waals surface area contributed by atoms with Gasteiger partial charge in [-0.1, -0.05) is 12.5 Å². The molecular formula is C21H32Cl2N4O5S. The molecule has 0 saturated heterocycles. The largest absolute Gasteiger partial charge is 0.497 e. The van der Waals surface area contributed by atoms with Crippen molar-refractivity contribution in [3.63, 3.8) is 0 Å². The summed E-state index contributed by atoms with van der Waals surface area (Å²) in [7, 11) is 1.32. The van der Waals surface area contributed by atoms with Crippen molar-refractivity contribution >= 4 is 40.7 Å². The molecule has 0 aliphatic heterocycles. The lowest BCUT2D eigenvalue weighted by Gasteiger charge is -2.29. The summed E-state index contributed by atoms with van der Waals surface area (Å²) in [5.41, 5.74) is 2.26. The van der Waals surface area contributed by atoms with Crippen LogP contribution in [-0.2, 0) is 21.4 Å². The number of halogens is 2. The normalized spacial score (nSPS) is 11.9. The van der Waals surface area contributed by atoms with Crippen LogP contribution in [0.3, 0.4) is 0 Å². The molecule has 0 aliphatic carbocycles. The van der Waals surface area contributed by atoms with Gasteiger partial charge in [0.05, 0.1) is 12.0 Å². The highest BCUT2D eigenvalue weighted by Gasteiger charge is 2.35. The smallest absolute Gasteiger partial charge is 0.261 e. The number of benzene rings is 1. The van der Waals surface area contributed by atoms with Crippen LogP contribution in [0.25, 0.3) is 0 Å². The van der Waals surface area contributed by atoms with E-state index >= 15 is 0 Å². The number of carbonyl (C=O) groups is 1. The summed E-state index contributed by atoms with van der Waals surface area (Å²) in [5.74, 6) is -0.253. The molecule has 0 saturated carbocycles. The zero-order valence-corrected chi connectivity index (χ0v) is 21.3. The number of nitrogens with zero attached hydrogens (tertiary/aromatic N) is 3. The second kappa shape index (κ2) is 15.0. The number of amides is 1. The molecule has 1 aromatic carbocycles. The molecule has 1 aromatic heterocycles. The van der Waals surface area contributed by atoms with E-state index in [1.807, 2.05) is 19.0 Å². The average Bonchev–Trinajstić information content (AvgIpc) is 2.78. The van der Waals surface area contributed by atoms with Crippen molar-refractivity contribution < 1.29 is 23.2 Å². The molecule has 0 fully saturated rings. The summed E-state index contributed by atoms with van der Waals surface area (Å²) in [6.07, 6.45) is 4.79. The molecule has 2 aromatic rings. The number of ether oxygens (including phenoxy) is 1. The van der Waals surface area contributed by atoms with E-state index < -0.39 is 22.0 Å². The Hall–Kier alpha value is -1.95. The van der Waals surface area contributed by atoms with Crippen LogP contribution in [0.15, 0.2) is 53.7 Å². The van der Waals surface area contributed by atoms with Gasteiger partial charge in [0.2, 0.25) is 10.0 Å². The summed E-state index contributed by atoms with van der Waals surface area (Å²) >= 11 is 0. The number of rotatable bonds is 12. The molecule has 12 heteroatoms. The van der Waals surface area contributed by atoms with Gasteiger partial charge in [0.1, 0.15) is 11.8 Å². The minimum atomic E-state index is -4.06. The van der Waals surface area contributed by atoms with Crippen LogP contribution < -0.4 is 10.2 Å². The topological polar surface area (TPSA) is 112 Å². The number of pyridine rings is 1. The van der Waals surface area contributed by atoms with Gasteiger partial charge in [-0.25, -0.2) is 13.9 Å². The molecule has 1 amide bonds. The van der Waals surface area contributed by atoms with Gasteiger partial charge in [-0.2, -0.15) is 4.31 Å². The Morgan fingerprint density at radius 3 is 2.33 bits per heavy atom. The van der Waals surface area contributed by atoms with Gasteiger partial charge < -0.3 is 9.64 Å². The van der Waals surface area contributed by atoms with Crippen molar-refractivity contribution in [3.05, 3.63) is 54.4 Å². The van der Waals surface area contributed by atoms with Gasteiger partial charge in [0, 0.05) is 18.9 Å². The molecule has 0 bridgehead atoms. The highest BCUT2D eigenvalue weighted by molar-refractivity contribution is 7.89. The van der Waals surface area contributed by atoms with E-state index in [9.17, 15) is 18.4 Å². The van der Waals surface area contributed by atoms with E-state index in [0.717, 1.165) is 17.3 Å². The van der Waals surface area contributed by atoms with Gasteiger partial charge in [-0.3, -0.25) is 15.0 Å². The molecule has 186 valence electrons.